The standard InChI is InChI=1S/C28H58N4O5/c1-5-9-25(28(4)23-27(28,3)24-30-6-2)10-7-8-12-31-13-16-35-18-19-36-17-14-32-26(33)22-37-21-20-34-15-11-29/h25,30-31H,5-24,29H2,1-4H3,(H,32,33)/t25?,27-,28?/m1/s1. The fourth-order valence-electron chi connectivity index (χ4n) is 5.21. The topological polar surface area (TPSA) is 116 Å². The van der Waals surface area contributed by atoms with E-state index in [-0.39, 0.29) is 12.5 Å². The number of carbonyl (C=O) groups excluding carboxylic acids is 1. The fourth-order valence-corrected chi connectivity index (χ4v) is 5.21. The Morgan fingerprint density at radius 1 is 0.838 bits per heavy atom. The Morgan fingerprint density at radius 2 is 1.51 bits per heavy atom. The van der Waals surface area contributed by atoms with E-state index in [0.29, 0.717) is 70.2 Å². The molecule has 1 aliphatic rings. The summed E-state index contributed by atoms with van der Waals surface area (Å²) < 4.78 is 21.5. The predicted molar refractivity (Wildman–Crippen MR) is 150 cm³/mol. The zero-order chi connectivity index (χ0) is 27.2. The average Bonchev–Trinajstić information content (AvgIpc) is 3.45. The van der Waals surface area contributed by atoms with Gasteiger partial charge in [-0.05, 0) is 49.1 Å². The molecule has 0 aromatic carbocycles. The SMILES string of the molecule is CCCC(CCCCNCCOCCOCCNC(=O)COCCOCCN)C1(C)C[C@]1(C)CNCC. The highest BCUT2D eigenvalue weighted by atomic mass is 16.5. The quantitative estimate of drug-likeness (QED) is 0.120. The van der Waals surface area contributed by atoms with E-state index in [2.05, 4.69) is 43.6 Å². The molecule has 0 radical (unpaired) electrons. The Kier molecular flexibility index (Phi) is 19.5. The summed E-state index contributed by atoms with van der Waals surface area (Å²) in [5, 5.41) is 9.83. The zero-order valence-electron chi connectivity index (χ0n) is 24.3. The summed E-state index contributed by atoms with van der Waals surface area (Å²) in [6.07, 6.45) is 7.88. The number of amides is 1. The van der Waals surface area contributed by atoms with Crippen LogP contribution < -0.4 is 21.7 Å². The minimum Gasteiger partial charge on any atom is -0.378 e. The monoisotopic (exact) mass is 530 g/mol. The molecule has 37 heavy (non-hydrogen) atoms. The van der Waals surface area contributed by atoms with Gasteiger partial charge in [-0.15, -0.1) is 0 Å². The molecule has 0 bridgehead atoms. The van der Waals surface area contributed by atoms with Crippen LogP contribution in [0.25, 0.3) is 0 Å². The minimum absolute atomic E-state index is 0.0248. The van der Waals surface area contributed by atoms with Crippen LogP contribution in [0.4, 0.5) is 0 Å². The van der Waals surface area contributed by atoms with Gasteiger partial charge >= 0.3 is 0 Å². The summed E-state index contributed by atoms with van der Waals surface area (Å²) in [5.41, 5.74) is 6.31. The Bertz CT molecular complexity index is 571. The van der Waals surface area contributed by atoms with Gasteiger partial charge in [0.05, 0.1) is 46.2 Å². The van der Waals surface area contributed by atoms with E-state index in [4.69, 9.17) is 24.7 Å². The molecule has 220 valence electrons. The molecule has 0 aliphatic heterocycles. The van der Waals surface area contributed by atoms with Crippen LogP contribution in [0.5, 0.6) is 0 Å². The number of hydrogen-bond donors (Lipinski definition) is 4. The van der Waals surface area contributed by atoms with Gasteiger partial charge in [0.25, 0.3) is 0 Å². The maximum absolute atomic E-state index is 11.6. The molecule has 0 heterocycles. The van der Waals surface area contributed by atoms with Gasteiger partial charge in [-0.1, -0.05) is 47.0 Å². The molecule has 0 saturated heterocycles. The van der Waals surface area contributed by atoms with Crippen molar-refractivity contribution in [3.63, 3.8) is 0 Å². The van der Waals surface area contributed by atoms with Crippen LogP contribution in [-0.4, -0.2) is 98.0 Å². The Hall–Kier alpha value is -0.810. The first-order valence-electron chi connectivity index (χ1n) is 14.6. The fraction of sp³-hybridized carbons (Fsp3) is 0.964. The van der Waals surface area contributed by atoms with Gasteiger partial charge in [-0.3, -0.25) is 4.79 Å². The maximum Gasteiger partial charge on any atom is 0.246 e. The first kappa shape index (κ1) is 34.2. The van der Waals surface area contributed by atoms with Crippen LogP contribution >= 0.6 is 0 Å². The number of nitrogens with two attached hydrogens (primary N) is 1. The van der Waals surface area contributed by atoms with Crippen molar-refractivity contribution in [1.82, 2.24) is 16.0 Å². The molecule has 0 spiro atoms. The number of unbranched alkanes of at least 4 members (excludes halogenated alkanes) is 1. The van der Waals surface area contributed by atoms with E-state index in [9.17, 15) is 4.79 Å². The third-order valence-corrected chi connectivity index (χ3v) is 7.70. The van der Waals surface area contributed by atoms with Crippen molar-refractivity contribution in [2.75, 3.05) is 92.1 Å². The molecule has 2 unspecified atom stereocenters. The van der Waals surface area contributed by atoms with E-state index in [1.54, 1.807) is 0 Å². The second-order valence-corrected chi connectivity index (χ2v) is 10.7. The van der Waals surface area contributed by atoms with Crippen LogP contribution in [0.1, 0.15) is 66.2 Å². The van der Waals surface area contributed by atoms with Crippen molar-refractivity contribution in [2.45, 2.75) is 66.2 Å². The molecule has 3 atom stereocenters. The van der Waals surface area contributed by atoms with Gasteiger partial charge in [-0.25, -0.2) is 0 Å². The molecule has 1 amide bonds. The molecule has 9 nitrogen and oxygen atoms in total. The van der Waals surface area contributed by atoms with E-state index < -0.39 is 0 Å². The second-order valence-electron chi connectivity index (χ2n) is 10.7. The highest BCUT2D eigenvalue weighted by molar-refractivity contribution is 5.77. The van der Waals surface area contributed by atoms with Gasteiger partial charge in [0.15, 0.2) is 0 Å². The minimum atomic E-state index is -0.157. The van der Waals surface area contributed by atoms with Crippen LogP contribution in [0.2, 0.25) is 0 Å². The predicted octanol–water partition coefficient (Wildman–Crippen LogP) is 2.33. The molecule has 5 N–H and O–H groups in total. The first-order chi connectivity index (χ1) is 17.9. The number of carbonyl (C=O) groups is 1. The first-order valence-corrected chi connectivity index (χ1v) is 14.6. The molecule has 1 fully saturated rings. The Labute approximate surface area is 226 Å². The Balaban J connectivity index is 1.90. The Morgan fingerprint density at radius 3 is 2.19 bits per heavy atom. The van der Waals surface area contributed by atoms with Gasteiger partial charge in [-0.2, -0.15) is 0 Å². The van der Waals surface area contributed by atoms with Crippen LogP contribution in [-0.2, 0) is 23.7 Å². The number of rotatable bonds is 27. The summed E-state index contributed by atoms with van der Waals surface area (Å²) in [7, 11) is 0. The lowest BCUT2D eigenvalue weighted by atomic mass is 9.78. The molecule has 9 heteroatoms. The van der Waals surface area contributed by atoms with Crippen LogP contribution in [0.3, 0.4) is 0 Å². The maximum atomic E-state index is 11.6. The summed E-state index contributed by atoms with van der Waals surface area (Å²) in [5.74, 6) is 0.688. The average molecular weight is 531 g/mol. The van der Waals surface area contributed by atoms with E-state index in [0.717, 1.165) is 32.1 Å². The largest absolute Gasteiger partial charge is 0.378 e. The van der Waals surface area contributed by atoms with Crippen molar-refractivity contribution in [3.05, 3.63) is 0 Å². The van der Waals surface area contributed by atoms with Crippen LogP contribution in [0.15, 0.2) is 0 Å². The van der Waals surface area contributed by atoms with E-state index >= 15 is 0 Å². The smallest absolute Gasteiger partial charge is 0.246 e. The van der Waals surface area contributed by atoms with Gasteiger partial charge in [0.1, 0.15) is 6.61 Å². The molecule has 0 aromatic heterocycles. The molecule has 1 rings (SSSR count). The number of ether oxygens (including phenoxy) is 4. The van der Waals surface area contributed by atoms with Crippen molar-refractivity contribution in [2.24, 2.45) is 22.5 Å². The third-order valence-electron chi connectivity index (χ3n) is 7.70. The lowest BCUT2D eigenvalue weighted by Gasteiger charge is -2.29. The summed E-state index contributed by atoms with van der Waals surface area (Å²) in [4.78, 5) is 11.6. The van der Waals surface area contributed by atoms with Gasteiger partial charge in [0, 0.05) is 26.2 Å². The lowest BCUT2D eigenvalue weighted by molar-refractivity contribution is -0.126. The summed E-state index contributed by atoms with van der Waals surface area (Å²) in [6, 6.07) is 0. The van der Waals surface area contributed by atoms with Crippen molar-refractivity contribution in [1.29, 1.82) is 0 Å². The third kappa shape index (κ3) is 14.8. The zero-order valence-corrected chi connectivity index (χ0v) is 24.3. The van der Waals surface area contributed by atoms with E-state index in [1.807, 2.05) is 0 Å². The van der Waals surface area contributed by atoms with Crippen molar-refractivity contribution >= 4 is 5.91 Å². The second kappa shape index (κ2) is 21.1. The summed E-state index contributed by atoms with van der Waals surface area (Å²) >= 11 is 0. The summed E-state index contributed by atoms with van der Waals surface area (Å²) in [6.45, 7) is 18.2. The molecule has 1 aliphatic carbocycles. The van der Waals surface area contributed by atoms with Gasteiger partial charge in [0.2, 0.25) is 5.91 Å². The normalized spacial score (nSPS) is 21.8. The molecule has 1 saturated carbocycles. The number of hydrogen-bond acceptors (Lipinski definition) is 8. The van der Waals surface area contributed by atoms with Crippen LogP contribution in [0, 0.1) is 16.7 Å². The molecular weight excluding hydrogens is 472 g/mol. The highest BCUT2D eigenvalue weighted by Crippen LogP contribution is 2.68. The van der Waals surface area contributed by atoms with Crippen molar-refractivity contribution in [3.8, 4) is 0 Å². The molecule has 0 aromatic rings. The molecular formula is C28H58N4O5. The van der Waals surface area contributed by atoms with Gasteiger partial charge < -0.3 is 40.6 Å². The van der Waals surface area contributed by atoms with E-state index in [1.165, 1.54) is 38.5 Å². The lowest BCUT2D eigenvalue weighted by Crippen LogP contribution is -2.31. The number of nitrogens with one attached hydrogen (secondary N) is 3. The highest BCUT2D eigenvalue weighted by Gasteiger charge is 2.62. The van der Waals surface area contributed by atoms with Crippen molar-refractivity contribution < 1.29 is 23.7 Å².